The van der Waals surface area contributed by atoms with Crippen molar-refractivity contribution >= 4 is 66.4 Å². The molecule has 8 aromatic carbocycles. The first-order valence-corrected chi connectivity index (χ1v) is 30.9. The van der Waals surface area contributed by atoms with Gasteiger partial charge in [0, 0.05) is 43.9 Å². The quantitative estimate of drug-likeness (QED) is 0.0294. The lowest BCUT2D eigenvalue weighted by atomic mass is 9.70. The van der Waals surface area contributed by atoms with E-state index in [-0.39, 0.29) is 10.8 Å². The summed E-state index contributed by atoms with van der Waals surface area (Å²) >= 11 is 1.30. The molecule has 396 valence electrons. The average molecular weight is 1050 g/mol. The molecule has 0 unspecified atom stereocenters. The maximum Gasteiger partial charge on any atom is 0.115 e. The minimum Gasteiger partial charge on any atom is -0.243 e. The highest BCUT2D eigenvalue weighted by molar-refractivity contribution is 7.00. The fourth-order valence-corrected chi connectivity index (χ4v) is 15.1. The normalized spacial score (nSPS) is 13.7. The van der Waals surface area contributed by atoms with Crippen LogP contribution in [0, 0.1) is 24.7 Å². The van der Waals surface area contributed by atoms with E-state index in [1.807, 2.05) is 0 Å². The van der Waals surface area contributed by atoms with Crippen LogP contribution in [0.3, 0.4) is 0 Å². The second-order valence-corrected chi connectivity index (χ2v) is 23.7. The predicted molar refractivity (Wildman–Crippen MR) is 337 cm³/mol. The molecule has 2 aliphatic carbocycles. The van der Waals surface area contributed by atoms with Crippen molar-refractivity contribution < 1.29 is 0 Å². The highest BCUT2D eigenvalue weighted by atomic mass is 32.1. The van der Waals surface area contributed by atoms with E-state index in [1.165, 1.54) is 144 Å². The van der Waals surface area contributed by atoms with E-state index < -0.39 is 0 Å². The molecule has 4 nitrogen and oxygen atoms in total. The fraction of sp³-hybridized carbons (Fsp3) is 0.351. The fourth-order valence-electron chi connectivity index (χ4n) is 14.5. The summed E-state index contributed by atoms with van der Waals surface area (Å²) in [6.07, 6.45) is 36.1. The molecular formula is C74H74N4S. The summed E-state index contributed by atoms with van der Waals surface area (Å²) in [5, 5.41) is 4.55. The van der Waals surface area contributed by atoms with Gasteiger partial charge >= 0.3 is 0 Å². The number of hydrogen-bond donors (Lipinski definition) is 0. The average Bonchev–Trinajstić information content (AvgIpc) is 4.38. The van der Waals surface area contributed by atoms with Gasteiger partial charge in [-0.25, -0.2) is 9.97 Å². The number of fused-ring (bicyclic) bond motifs is 14. The van der Waals surface area contributed by atoms with Crippen LogP contribution in [0.25, 0.3) is 99.2 Å². The first-order valence-electron chi connectivity index (χ1n) is 30.1. The third-order valence-corrected chi connectivity index (χ3v) is 19.0. The zero-order valence-electron chi connectivity index (χ0n) is 47.0. The van der Waals surface area contributed by atoms with Crippen molar-refractivity contribution in [3.63, 3.8) is 0 Å². The summed E-state index contributed by atoms with van der Waals surface area (Å²) in [5.74, 6) is 6.05. The summed E-state index contributed by atoms with van der Waals surface area (Å²) in [6.45, 7) is 9.24. The maximum atomic E-state index is 6.22. The zero-order chi connectivity index (χ0) is 54.1. The van der Waals surface area contributed by atoms with Crippen LogP contribution in [0.5, 0.6) is 0 Å². The SMILES string of the molecule is C#Cc1ccc2c(c1)C(CCCCCC)(CCCCCC)c1cc(-c3c4nsnc4c(-c4ccc5c(c4)C(CCCCCC)(CCCCCC)c4cc(C#C)ccc4-5)c4nc5c6ccccc6c6ccccc6c5nc34)ccc1-2. The molecule has 0 fully saturated rings. The Hall–Kier alpha value is -7.18. The molecule has 10 aromatic rings. The number of rotatable bonds is 22. The molecule has 0 aliphatic heterocycles. The van der Waals surface area contributed by atoms with Crippen LogP contribution in [0.1, 0.15) is 189 Å². The number of hydrogen-bond acceptors (Lipinski definition) is 5. The van der Waals surface area contributed by atoms with E-state index in [4.69, 9.17) is 31.6 Å². The van der Waals surface area contributed by atoms with Gasteiger partial charge in [0.25, 0.3) is 0 Å². The van der Waals surface area contributed by atoms with Gasteiger partial charge in [0.1, 0.15) is 22.1 Å². The van der Waals surface area contributed by atoms with Crippen molar-refractivity contribution in [2.45, 2.75) is 167 Å². The van der Waals surface area contributed by atoms with E-state index in [1.54, 1.807) is 0 Å². The van der Waals surface area contributed by atoms with Crippen molar-refractivity contribution in [1.82, 2.24) is 18.7 Å². The third kappa shape index (κ3) is 9.02. The summed E-state index contributed by atoms with van der Waals surface area (Å²) < 4.78 is 10.7. The number of nitrogens with zero attached hydrogens (tertiary/aromatic N) is 4. The van der Waals surface area contributed by atoms with Gasteiger partial charge in [-0.05, 0) is 128 Å². The minimum absolute atomic E-state index is 0.180. The summed E-state index contributed by atoms with van der Waals surface area (Å²) in [7, 11) is 0. The first kappa shape index (κ1) is 52.5. The Bertz CT molecular complexity index is 3750. The monoisotopic (exact) mass is 1050 g/mol. The molecule has 2 heterocycles. The number of aromatic nitrogens is 4. The lowest BCUT2D eigenvalue weighted by Crippen LogP contribution is -2.26. The highest BCUT2D eigenvalue weighted by Crippen LogP contribution is 2.58. The van der Waals surface area contributed by atoms with E-state index in [9.17, 15) is 0 Å². The first-order chi connectivity index (χ1) is 38.9. The number of benzene rings is 8. The van der Waals surface area contributed by atoms with Gasteiger partial charge in [0.05, 0.1) is 22.8 Å². The van der Waals surface area contributed by atoms with Gasteiger partial charge in [-0.1, -0.05) is 227 Å². The van der Waals surface area contributed by atoms with Crippen LogP contribution >= 0.6 is 11.7 Å². The third-order valence-electron chi connectivity index (χ3n) is 18.4. The van der Waals surface area contributed by atoms with Crippen molar-refractivity contribution in [2.75, 3.05) is 0 Å². The largest absolute Gasteiger partial charge is 0.243 e. The zero-order valence-corrected chi connectivity index (χ0v) is 47.9. The second kappa shape index (κ2) is 22.5. The molecule has 2 aliphatic rings. The highest BCUT2D eigenvalue weighted by Gasteiger charge is 2.45. The van der Waals surface area contributed by atoms with Crippen molar-refractivity contribution in [3.05, 3.63) is 155 Å². The van der Waals surface area contributed by atoms with Gasteiger partial charge in [-0.3, -0.25) is 0 Å². The lowest BCUT2D eigenvalue weighted by Gasteiger charge is -2.33. The minimum atomic E-state index is -0.180. The topological polar surface area (TPSA) is 51.6 Å². The van der Waals surface area contributed by atoms with Crippen molar-refractivity contribution in [3.8, 4) is 69.2 Å². The smallest absolute Gasteiger partial charge is 0.115 e. The Balaban J connectivity index is 1.14. The Kier molecular flexibility index (Phi) is 15.0. The Morgan fingerprint density at radius 1 is 0.367 bits per heavy atom. The molecule has 0 saturated carbocycles. The molecular weight excluding hydrogens is 977 g/mol. The molecule has 0 amide bonds. The van der Waals surface area contributed by atoms with E-state index in [2.05, 4.69) is 161 Å². The molecule has 5 heteroatoms. The van der Waals surface area contributed by atoms with Gasteiger partial charge in [0.15, 0.2) is 0 Å². The van der Waals surface area contributed by atoms with Gasteiger partial charge < -0.3 is 0 Å². The summed E-state index contributed by atoms with van der Waals surface area (Å²) in [4.78, 5) is 12.0. The maximum absolute atomic E-state index is 6.22. The van der Waals surface area contributed by atoms with E-state index in [0.29, 0.717) is 0 Å². The molecule has 0 bridgehead atoms. The number of terminal acetylenes is 2. The molecule has 0 N–H and O–H groups in total. The van der Waals surface area contributed by atoms with Gasteiger partial charge in [-0.15, -0.1) is 12.8 Å². The Morgan fingerprint density at radius 3 is 1.06 bits per heavy atom. The van der Waals surface area contributed by atoms with Gasteiger partial charge in [0.2, 0.25) is 0 Å². The van der Waals surface area contributed by atoms with Gasteiger partial charge in [-0.2, -0.15) is 8.75 Å². The number of unbranched alkanes of at least 4 members (excludes halogenated alkanes) is 12. The van der Waals surface area contributed by atoms with Crippen LogP contribution < -0.4 is 0 Å². The standard InChI is InChI=1S/C74H74N4S/c1-7-13-17-25-41-73(42-26-18-14-8-2)61-45-49(11-5)33-37-55(61)57-39-35-51(47-63(57)73)65-69-70(76-68-60-32-24-22-30-54(60)53-29-21-23-31-59(53)67(68)75-69)66(72-71(65)77-79-78-72)52-36-40-58-56-38-34-50(12-6)46-62(56)74(64(58)48-52,43-27-19-15-9-3)44-28-20-16-10-4/h5-6,21-24,29-40,45-48H,7-10,13-20,25-28,41-44H2,1-4H3. The van der Waals surface area contributed by atoms with Crippen molar-refractivity contribution in [1.29, 1.82) is 0 Å². The second-order valence-electron chi connectivity index (χ2n) is 23.2. The van der Waals surface area contributed by atoms with E-state index in [0.717, 1.165) is 129 Å². The molecule has 79 heavy (non-hydrogen) atoms. The molecule has 0 radical (unpaired) electrons. The van der Waals surface area contributed by atoms with Crippen LogP contribution in [0.4, 0.5) is 0 Å². The Labute approximate surface area is 473 Å². The Morgan fingerprint density at radius 2 is 0.709 bits per heavy atom. The van der Waals surface area contributed by atoms with Crippen LogP contribution in [0.2, 0.25) is 0 Å². The summed E-state index contributed by atoms with van der Waals surface area (Å²) in [6, 6.07) is 45.6. The molecule has 2 aromatic heterocycles. The molecule has 0 saturated heterocycles. The van der Waals surface area contributed by atoms with Crippen LogP contribution in [-0.4, -0.2) is 18.7 Å². The predicted octanol–water partition coefficient (Wildman–Crippen LogP) is 20.8. The van der Waals surface area contributed by atoms with Crippen LogP contribution in [0.15, 0.2) is 121 Å². The molecule has 0 atom stereocenters. The van der Waals surface area contributed by atoms with Crippen molar-refractivity contribution in [2.24, 2.45) is 0 Å². The lowest BCUT2D eigenvalue weighted by molar-refractivity contribution is 0.401. The van der Waals surface area contributed by atoms with E-state index >= 15 is 0 Å². The molecule has 12 rings (SSSR count). The van der Waals surface area contributed by atoms with Crippen LogP contribution in [-0.2, 0) is 10.8 Å². The molecule has 0 spiro atoms. The summed E-state index contributed by atoms with van der Waals surface area (Å²) in [5.41, 5.74) is 21.9.